The Hall–Kier alpha value is -1.23. The number of hydrogen-bond acceptors (Lipinski definition) is 4. The van der Waals surface area contributed by atoms with E-state index < -0.39 is 17.7 Å². The van der Waals surface area contributed by atoms with Crippen LogP contribution in [-0.4, -0.2) is 24.0 Å². The molecule has 0 aromatic carbocycles. The molecule has 0 saturated carbocycles. The summed E-state index contributed by atoms with van der Waals surface area (Å²) in [6.07, 6.45) is 0.737. The summed E-state index contributed by atoms with van der Waals surface area (Å²) in [6, 6.07) is -1.13. The minimum absolute atomic E-state index is 0.311. The molecule has 0 saturated heterocycles. The predicted molar refractivity (Wildman–Crippen MR) is 32.5 cm³/mol. The third-order valence-corrected chi connectivity index (χ3v) is 0.858. The molecule has 0 aromatic heterocycles. The highest BCUT2D eigenvalue weighted by Gasteiger charge is 2.14. The van der Waals surface area contributed by atoms with E-state index in [0.717, 1.165) is 6.29 Å². The van der Waals surface area contributed by atoms with Crippen molar-refractivity contribution in [3.63, 3.8) is 0 Å². The molecule has 1 radical (unpaired) electrons. The highest BCUT2D eigenvalue weighted by Crippen LogP contribution is 1.85. The Morgan fingerprint density at radius 2 is 2.00 bits per heavy atom. The molecule has 5 nitrogen and oxygen atoms in total. The van der Waals surface area contributed by atoms with Crippen molar-refractivity contribution in [2.45, 2.75) is 12.5 Å². The van der Waals surface area contributed by atoms with Gasteiger partial charge >= 0.3 is 0 Å². The molecule has 1 atom stereocenters. The Morgan fingerprint density at radius 1 is 1.50 bits per heavy atom. The summed E-state index contributed by atoms with van der Waals surface area (Å²) in [5, 5.41) is 0. The Morgan fingerprint density at radius 3 is 2.30 bits per heavy atom. The van der Waals surface area contributed by atoms with E-state index in [1.54, 1.807) is 0 Å². The Labute approximate surface area is 57.4 Å². The second-order valence-corrected chi connectivity index (χ2v) is 1.74. The van der Waals surface area contributed by atoms with Crippen molar-refractivity contribution in [3.8, 4) is 0 Å². The highest BCUT2D eigenvalue weighted by atomic mass is 16.2. The smallest absolute Gasteiger partial charge is 0.273 e. The fourth-order valence-electron chi connectivity index (χ4n) is 0.385. The predicted octanol–water partition coefficient (Wildman–Crippen LogP) is -2.13. The molecule has 0 aliphatic carbocycles. The van der Waals surface area contributed by atoms with Crippen molar-refractivity contribution >= 4 is 18.0 Å². The van der Waals surface area contributed by atoms with Gasteiger partial charge in [-0.05, 0) is 0 Å². The molecule has 55 valence electrons. The average molecular weight is 143 g/mol. The van der Waals surface area contributed by atoms with Gasteiger partial charge in [0.25, 0.3) is 6.29 Å². The van der Waals surface area contributed by atoms with Crippen LogP contribution in [0.2, 0.25) is 0 Å². The first-order valence-corrected chi connectivity index (χ1v) is 2.53. The van der Waals surface area contributed by atoms with Crippen LogP contribution in [0.3, 0.4) is 0 Å². The summed E-state index contributed by atoms with van der Waals surface area (Å²) >= 11 is 0. The quantitative estimate of drug-likeness (QED) is 0.438. The number of ketones is 1. The van der Waals surface area contributed by atoms with Crippen molar-refractivity contribution in [3.05, 3.63) is 0 Å². The number of carbonyl (C=O) groups excluding carboxylic acids is 3. The van der Waals surface area contributed by atoms with E-state index in [0.29, 0.717) is 0 Å². The van der Waals surface area contributed by atoms with Crippen LogP contribution in [0.25, 0.3) is 0 Å². The Kier molecular flexibility index (Phi) is 3.27. The van der Waals surface area contributed by atoms with Crippen molar-refractivity contribution in [1.29, 1.82) is 0 Å². The average Bonchev–Trinajstić information content (AvgIpc) is 1.85. The summed E-state index contributed by atoms with van der Waals surface area (Å²) in [4.78, 5) is 30.0. The fraction of sp³-hybridized carbons (Fsp3) is 0.400. The van der Waals surface area contributed by atoms with Gasteiger partial charge in [0.15, 0.2) is 0 Å². The number of hydrogen-bond donors (Lipinski definition) is 2. The zero-order valence-electron chi connectivity index (χ0n) is 5.16. The van der Waals surface area contributed by atoms with Gasteiger partial charge in [0, 0.05) is 6.42 Å². The van der Waals surface area contributed by atoms with Crippen molar-refractivity contribution < 1.29 is 14.4 Å². The van der Waals surface area contributed by atoms with E-state index in [1.165, 1.54) is 0 Å². The zero-order valence-corrected chi connectivity index (χ0v) is 5.16. The second-order valence-electron chi connectivity index (χ2n) is 1.74. The van der Waals surface area contributed by atoms with E-state index >= 15 is 0 Å². The molecule has 0 bridgehead atoms. The SMILES string of the molecule is NC(=O)C[C@H](N)C(=O)[C]=O. The lowest BCUT2D eigenvalue weighted by atomic mass is 10.1. The van der Waals surface area contributed by atoms with Gasteiger partial charge in [0.1, 0.15) is 0 Å². The summed E-state index contributed by atoms with van der Waals surface area (Å²) in [6.45, 7) is 0. The van der Waals surface area contributed by atoms with E-state index in [-0.39, 0.29) is 6.42 Å². The number of primary amides is 1. The van der Waals surface area contributed by atoms with Gasteiger partial charge in [-0.2, -0.15) is 0 Å². The molecule has 10 heavy (non-hydrogen) atoms. The maximum Gasteiger partial charge on any atom is 0.273 e. The number of Topliss-reactive ketones (excluding diaryl/α,β-unsaturated/α-hetero) is 1. The minimum Gasteiger partial charge on any atom is -0.370 e. The Balaban J connectivity index is 3.84. The van der Waals surface area contributed by atoms with Crippen molar-refractivity contribution in [1.82, 2.24) is 0 Å². The zero-order chi connectivity index (χ0) is 8.15. The first-order valence-electron chi connectivity index (χ1n) is 2.53. The summed E-state index contributed by atoms with van der Waals surface area (Å²) in [7, 11) is 0. The lowest BCUT2D eigenvalue weighted by Gasteiger charge is -2.00. The normalized spacial score (nSPS) is 12.1. The van der Waals surface area contributed by atoms with Gasteiger partial charge in [0.05, 0.1) is 6.04 Å². The molecule has 4 N–H and O–H groups in total. The molecule has 0 unspecified atom stereocenters. The number of carbonyl (C=O) groups is 2. The van der Waals surface area contributed by atoms with Gasteiger partial charge in [-0.15, -0.1) is 0 Å². The summed E-state index contributed by atoms with van der Waals surface area (Å²) in [5.74, 6) is -1.64. The van der Waals surface area contributed by atoms with Gasteiger partial charge in [-0.3, -0.25) is 14.4 Å². The van der Waals surface area contributed by atoms with Crippen LogP contribution in [0.5, 0.6) is 0 Å². The first-order chi connectivity index (χ1) is 4.57. The summed E-state index contributed by atoms with van der Waals surface area (Å²) < 4.78 is 0. The Bertz CT molecular complexity index is 166. The molecule has 1 amide bonds. The molecule has 0 rings (SSSR count). The topological polar surface area (TPSA) is 103 Å². The van der Waals surface area contributed by atoms with Crippen molar-refractivity contribution in [2.75, 3.05) is 0 Å². The third-order valence-electron chi connectivity index (χ3n) is 0.858. The second kappa shape index (κ2) is 3.73. The number of amides is 1. The largest absolute Gasteiger partial charge is 0.370 e. The number of nitrogens with two attached hydrogens (primary N) is 2. The van der Waals surface area contributed by atoms with E-state index in [4.69, 9.17) is 5.73 Å². The molecular weight excluding hydrogens is 136 g/mol. The van der Waals surface area contributed by atoms with Gasteiger partial charge < -0.3 is 11.5 Å². The molecule has 0 aromatic rings. The molecule has 0 heterocycles. The fourth-order valence-corrected chi connectivity index (χ4v) is 0.385. The maximum atomic E-state index is 10.3. The molecular formula is C5H7N2O3. The van der Waals surface area contributed by atoms with Gasteiger partial charge in [-0.1, -0.05) is 0 Å². The van der Waals surface area contributed by atoms with Gasteiger partial charge in [-0.25, -0.2) is 0 Å². The van der Waals surface area contributed by atoms with Crippen LogP contribution in [-0.2, 0) is 14.4 Å². The molecule has 0 aliphatic rings. The highest BCUT2D eigenvalue weighted by molar-refractivity contribution is 6.28. The summed E-state index contributed by atoms with van der Waals surface area (Å²) in [5.41, 5.74) is 9.70. The third kappa shape index (κ3) is 2.93. The van der Waals surface area contributed by atoms with E-state index in [2.05, 4.69) is 5.73 Å². The maximum absolute atomic E-state index is 10.3. The van der Waals surface area contributed by atoms with Crippen molar-refractivity contribution in [2.24, 2.45) is 11.5 Å². The van der Waals surface area contributed by atoms with E-state index in [9.17, 15) is 14.4 Å². The van der Waals surface area contributed by atoms with Gasteiger partial charge in [0.2, 0.25) is 11.7 Å². The van der Waals surface area contributed by atoms with Crippen LogP contribution in [0, 0.1) is 0 Å². The lowest BCUT2D eigenvalue weighted by Crippen LogP contribution is -2.35. The molecule has 5 heteroatoms. The minimum atomic E-state index is -1.13. The molecule has 0 aliphatic heterocycles. The monoisotopic (exact) mass is 143 g/mol. The van der Waals surface area contributed by atoms with Crippen LogP contribution in [0.15, 0.2) is 0 Å². The van der Waals surface area contributed by atoms with E-state index in [1.807, 2.05) is 0 Å². The van der Waals surface area contributed by atoms with Crippen LogP contribution < -0.4 is 11.5 Å². The van der Waals surface area contributed by atoms with Crippen LogP contribution >= 0.6 is 0 Å². The number of rotatable bonds is 4. The van der Waals surface area contributed by atoms with Crippen LogP contribution in [0.1, 0.15) is 6.42 Å². The standard InChI is InChI=1S/C5H7N2O3/c6-3(1-5(7)10)4(9)2-8/h3H,1,6H2,(H2,7,10)/t3-/m0/s1. The lowest BCUT2D eigenvalue weighted by molar-refractivity contribution is -0.121. The molecule has 0 spiro atoms. The first kappa shape index (κ1) is 8.77. The van der Waals surface area contributed by atoms with Crippen LogP contribution in [0.4, 0.5) is 0 Å². The molecule has 0 fully saturated rings.